The van der Waals surface area contributed by atoms with Gasteiger partial charge in [-0.1, -0.05) is 0 Å². The maximum atomic E-state index is 10.2. The van der Waals surface area contributed by atoms with E-state index >= 15 is 0 Å². The molecule has 4 heteroatoms. The van der Waals surface area contributed by atoms with Crippen molar-refractivity contribution in [3.8, 4) is 0 Å². The second kappa shape index (κ2) is 5.19. The fraction of sp³-hybridized carbons (Fsp3) is 0.889. The van der Waals surface area contributed by atoms with Gasteiger partial charge in [-0.3, -0.25) is 4.79 Å². The van der Waals surface area contributed by atoms with E-state index in [0.29, 0.717) is 5.92 Å². The van der Waals surface area contributed by atoms with Crippen molar-refractivity contribution in [2.45, 2.75) is 12.8 Å². The van der Waals surface area contributed by atoms with Crippen LogP contribution in [0, 0.1) is 5.92 Å². The minimum Gasteiger partial charge on any atom is -0.480 e. The number of hydrogen-bond acceptors (Lipinski definition) is 3. The molecule has 0 bridgehead atoms. The number of nitrogens with one attached hydrogen (secondary N) is 1. The van der Waals surface area contributed by atoms with Crippen LogP contribution >= 0.6 is 0 Å². The summed E-state index contributed by atoms with van der Waals surface area (Å²) < 4.78 is 0. The summed E-state index contributed by atoms with van der Waals surface area (Å²) in [5, 5.41) is 11.4. The lowest BCUT2D eigenvalue weighted by molar-refractivity contribution is -0.136. The molecule has 0 aromatic rings. The van der Waals surface area contributed by atoms with E-state index in [-0.39, 0.29) is 6.54 Å². The van der Waals surface area contributed by atoms with Crippen LogP contribution < -0.4 is 5.32 Å². The summed E-state index contributed by atoms with van der Waals surface area (Å²) >= 11 is 0. The molecule has 4 nitrogen and oxygen atoms in total. The van der Waals surface area contributed by atoms with Crippen LogP contribution in [0.15, 0.2) is 0 Å². The first kappa shape index (κ1) is 10.5. The van der Waals surface area contributed by atoms with E-state index in [9.17, 15) is 4.79 Å². The summed E-state index contributed by atoms with van der Waals surface area (Å²) in [6.07, 6.45) is 2.37. The molecule has 0 saturated carbocycles. The molecule has 0 unspecified atom stereocenters. The van der Waals surface area contributed by atoms with Crippen LogP contribution in [0.3, 0.4) is 0 Å². The first-order valence-electron chi connectivity index (χ1n) is 4.79. The molecule has 2 N–H and O–H groups in total. The van der Waals surface area contributed by atoms with Crippen molar-refractivity contribution in [1.82, 2.24) is 10.2 Å². The third kappa shape index (κ3) is 4.24. The molecule has 1 heterocycles. The highest BCUT2D eigenvalue weighted by atomic mass is 16.4. The van der Waals surface area contributed by atoms with E-state index < -0.39 is 5.97 Å². The van der Waals surface area contributed by atoms with Gasteiger partial charge in [-0.15, -0.1) is 0 Å². The van der Waals surface area contributed by atoms with Crippen LogP contribution in [-0.4, -0.2) is 49.2 Å². The molecule has 1 aliphatic heterocycles. The molecule has 1 saturated heterocycles. The average Bonchev–Trinajstić information content (AvgIpc) is 2.08. The van der Waals surface area contributed by atoms with E-state index in [4.69, 9.17) is 5.11 Å². The van der Waals surface area contributed by atoms with Gasteiger partial charge in [-0.05, 0) is 45.4 Å². The predicted molar refractivity (Wildman–Crippen MR) is 50.7 cm³/mol. The van der Waals surface area contributed by atoms with Gasteiger partial charge in [-0.2, -0.15) is 0 Å². The minimum absolute atomic E-state index is 0.0896. The number of piperidine rings is 1. The van der Waals surface area contributed by atoms with Gasteiger partial charge in [0.05, 0.1) is 6.54 Å². The van der Waals surface area contributed by atoms with E-state index in [1.807, 2.05) is 0 Å². The van der Waals surface area contributed by atoms with Crippen LogP contribution in [0.25, 0.3) is 0 Å². The highest BCUT2D eigenvalue weighted by molar-refractivity contribution is 5.68. The molecule has 0 aromatic heterocycles. The second-order valence-corrected chi connectivity index (χ2v) is 3.77. The minimum atomic E-state index is -0.770. The Kier molecular flexibility index (Phi) is 4.18. The molecule has 0 radical (unpaired) electrons. The topological polar surface area (TPSA) is 52.6 Å². The Balaban J connectivity index is 2.05. The predicted octanol–water partition coefficient (Wildman–Crippen LogP) is 0.00240. The Morgan fingerprint density at radius 3 is 2.69 bits per heavy atom. The van der Waals surface area contributed by atoms with E-state index in [1.54, 1.807) is 0 Å². The van der Waals surface area contributed by atoms with Crippen molar-refractivity contribution in [1.29, 1.82) is 0 Å². The molecule has 1 rings (SSSR count). The van der Waals surface area contributed by atoms with Crippen molar-refractivity contribution in [3.05, 3.63) is 0 Å². The van der Waals surface area contributed by atoms with Crippen LogP contribution in [0.2, 0.25) is 0 Å². The van der Waals surface area contributed by atoms with Crippen molar-refractivity contribution in [2.24, 2.45) is 5.92 Å². The molecule has 76 valence electrons. The third-order valence-corrected chi connectivity index (χ3v) is 2.55. The van der Waals surface area contributed by atoms with Gasteiger partial charge in [-0.25, -0.2) is 0 Å². The summed E-state index contributed by atoms with van der Waals surface area (Å²) in [7, 11) is 2.13. The normalized spacial score (nSPS) is 20.4. The van der Waals surface area contributed by atoms with E-state index in [1.165, 1.54) is 12.8 Å². The number of nitrogens with zero attached hydrogens (tertiary/aromatic N) is 1. The number of carboxylic acid groups (broad SMARTS) is 1. The lowest BCUT2D eigenvalue weighted by Crippen LogP contribution is -2.36. The maximum absolute atomic E-state index is 10.2. The molecular weight excluding hydrogens is 168 g/mol. The van der Waals surface area contributed by atoms with Crippen LogP contribution in [0.1, 0.15) is 12.8 Å². The molecule has 0 atom stereocenters. The Labute approximate surface area is 78.9 Å². The Hall–Kier alpha value is -0.610. The highest BCUT2D eigenvalue weighted by Crippen LogP contribution is 2.14. The quantitative estimate of drug-likeness (QED) is 0.649. The van der Waals surface area contributed by atoms with Crippen molar-refractivity contribution >= 4 is 5.97 Å². The fourth-order valence-corrected chi connectivity index (χ4v) is 1.65. The zero-order chi connectivity index (χ0) is 9.68. The zero-order valence-electron chi connectivity index (χ0n) is 8.12. The van der Waals surface area contributed by atoms with Gasteiger partial charge >= 0.3 is 5.97 Å². The lowest BCUT2D eigenvalue weighted by atomic mass is 9.97. The molecule has 1 fully saturated rings. The summed E-state index contributed by atoms with van der Waals surface area (Å²) in [5.74, 6) is -0.108. The maximum Gasteiger partial charge on any atom is 0.317 e. The Morgan fingerprint density at radius 2 is 2.15 bits per heavy atom. The summed E-state index contributed by atoms with van der Waals surface area (Å²) in [6.45, 7) is 3.21. The number of rotatable bonds is 4. The molecular formula is C9H18N2O2. The number of hydrogen-bond donors (Lipinski definition) is 2. The van der Waals surface area contributed by atoms with Crippen LogP contribution in [0.4, 0.5) is 0 Å². The molecule has 0 amide bonds. The molecule has 0 aliphatic carbocycles. The zero-order valence-corrected chi connectivity index (χ0v) is 8.12. The van der Waals surface area contributed by atoms with Gasteiger partial charge in [0.1, 0.15) is 0 Å². The van der Waals surface area contributed by atoms with Gasteiger partial charge in [0.2, 0.25) is 0 Å². The second-order valence-electron chi connectivity index (χ2n) is 3.77. The Bertz CT molecular complexity index is 165. The van der Waals surface area contributed by atoms with E-state index in [2.05, 4.69) is 17.3 Å². The molecule has 0 aromatic carbocycles. The lowest BCUT2D eigenvalue weighted by Gasteiger charge is -2.28. The fourth-order valence-electron chi connectivity index (χ4n) is 1.65. The van der Waals surface area contributed by atoms with E-state index in [0.717, 1.165) is 19.6 Å². The SMILES string of the molecule is CN1CCC(CNCC(=O)O)CC1. The largest absolute Gasteiger partial charge is 0.480 e. The number of aliphatic carboxylic acids is 1. The first-order chi connectivity index (χ1) is 6.18. The van der Waals surface area contributed by atoms with Crippen molar-refractivity contribution < 1.29 is 9.90 Å². The summed E-state index contributed by atoms with van der Waals surface area (Å²) in [4.78, 5) is 12.5. The van der Waals surface area contributed by atoms with Gasteiger partial charge in [0.25, 0.3) is 0 Å². The third-order valence-electron chi connectivity index (χ3n) is 2.55. The molecule has 13 heavy (non-hydrogen) atoms. The van der Waals surface area contributed by atoms with Crippen LogP contribution in [0.5, 0.6) is 0 Å². The van der Waals surface area contributed by atoms with Crippen molar-refractivity contribution in [2.75, 3.05) is 33.2 Å². The van der Waals surface area contributed by atoms with Gasteiger partial charge in [0, 0.05) is 0 Å². The van der Waals surface area contributed by atoms with Gasteiger partial charge in [0.15, 0.2) is 0 Å². The smallest absolute Gasteiger partial charge is 0.317 e. The summed E-state index contributed by atoms with van der Waals surface area (Å²) in [5.41, 5.74) is 0. The van der Waals surface area contributed by atoms with Crippen LogP contribution in [-0.2, 0) is 4.79 Å². The number of likely N-dealkylation sites (tertiary alicyclic amines) is 1. The molecule has 0 spiro atoms. The number of carboxylic acids is 1. The monoisotopic (exact) mass is 186 g/mol. The average molecular weight is 186 g/mol. The number of carbonyl (C=O) groups is 1. The summed E-state index contributed by atoms with van der Waals surface area (Å²) in [6, 6.07) is 0. The first-order valence-corrected chi connectivity index (χ1v) is 4.79. The highest BCUT2D eigenvalue weighted by Gasteiger charge is 2.15. The van der Waals surface area contributed by atoms with Gasteiger partial charge < -0.3 is 15.3 Å². The Morgan fingerprint density at radius 1 is 1.54 bits per heavy atom. The molecule has 1 aliphatic rings. The standard InChI is InChI=1S/C9H18N2O2/c1-11-4-2-8(3-5-11)6-10-7-9(12)13/h8,10H,2-7H2,1H3,(H,12,13). The van der Waals surface area contributed by atoms with Crippen molar-refractivity contribution in [3.63, 3.8) is 0 Å².